The highest BCUT2D eigenvalue weighted by molar-refractivity contribution is 7.13. The van der Waals surface area contributed by atoms with E-state index in [0.717, 1.165) is 25.0 Å². The van der Waals surface area contributed by atoms with Crippen molar-refractivity contribution < 1.29 is 0 Å². The predicted molar refractivity (Wildman–Crippen MR) is 109 cm³/mol. The Morgan fingerprint density at radius 2 is 1.96 bits per heavy atom. The summed E-state index contributed by atoms with van der Waals surface area (Å²) in [6.45, 7) is 5.68. The predicted octanol–water partition coefficient (Wildman–Crippen LogP) is 2.08. The normalized spacial score (nSPS) is 22.8. The van der Waals surface area contributed by atoms with Crippen molar-refractivity contribution >= 4 is 22.4 Å². The number of aliphatic imine (C=N–C) groups is 1. The smallest absolute Gasteiger partial charge is 0.191 e. The van der Waals surface area contributed by atoms with Gasteiger partial charge in [-0.2, -0.15) is 0 Å². The SMILES string of the molecule is CN=C(NCCc1csc(N2CCCC2)n1)NC1CCN(C2CC2)CC1. The Balaban J connectivity index is 1.17. The third kappa shape index (κ3) is 4.68. The molecule has 2 saturated heterocycles. The quantitative estimate of drug-likeness (QED) is 0.588. The summed E-state index contributed by atoms with van der Waals surface area (Å²) < 4.78 is 0. The highest BCUT2D eigenvalue weighted by Gasteiger charge is 2.31. The van der Waals surface area contributed by atoms with Crippen LogP contribution in [0.4, 0.5) is 5.13 Å². The van der Waals surface area contributed by atoms with Gasteiger partial charge in [0.25, 0.3) is 0 Å². The number of nitrogens with zero attached hydrogens (tertiary/aromatic N) is 4. The van der Waals surface area contributed by atoms with Crippen molar-refractivity contribution in [3.05, 3.63) is 11.1 Å². The summed E-state index contributed by atoms with van der Waals surface area (Å²) in [6.07, 6.45) is 8.83. The number of nitrogens with one attached hydrogen (secondary N) is 2. The summed E-state index contributed by atoms with van der Waals surface area (Å²) in [7, 11) is 1.86. The van der Waals surface area contributed by atoms with E-state index in [2.05, 4.69) is 30.8 Å². The Labute approximate surface area is 161 Å². The summed E-state index contributed by atoms with van der Waals surface area (Å²) >= 11 is 1.78. The van der Waals surface area contributed by atoms with E-state index in [-0.39, 0.29) is 0 Å². The highest BCUT2D eigenvalue weighted by atomic mass is 32.1. The van der Waals surface area contributed by atoms with Gasteiger partial charge in [0.1, 0.15) is 0 Å². The fraction of sp³-hybridized carbons (Fsp3) is 0.789. The zero-order valence-corrected chi connectivity index (χ0v) is 16.7. The Hall–Kier alpha value is -1.34. The van der Waals surface area contributed by atoms with Gasteiger partial charge >= 0.3 is 0 Å². The van der Waals surface area contributed by atoms with Crippen LogP contribution in [0, 0.1) is 0 Å². The van der Waals surface area contributed by atoms with Gasteiger partial charge in [-0.3, -0.25) is 4.99 Å². The Kier molecular flexibility index (Phi) is 5.94. The Bertz CT molecular complexity index is 597. The Morgan fingerprint density at radius 1 is 1.19 bits per heavy atom. The maximum atomic E-state index is 4.80. The summed E-state index contributed by atoms with van der Waals surface area (Å²) in [5, 5.41) is 10.5. The monoisotopic (exact) mass is 376 g/mol. The molecule has 3 aliphatic rings. The average Bonchev–Trinajstić information content (AvgIpc) is 3.17. The summed E-state index contributed by atoms with van der Waals surface area (Å²) in [6, 6.07) is 1.45. The first-order valence-electron chi connectivity index (χ1n) is 10.2. The van der Waals surface area contributed by atoms with Crippen LogP contribution in [0.2, 0.25) is 0 Å². The van der Waals surface area contributed by atoms with E-state index < -0.39 is 0 Å². The third-order valence-electron chi connectivity index (χ3n) is 5.75. The summed E-state index contributed by atoms with van der Waals surface area (Å²) in [5.41, 5.74) is 1.19. The molecule has 3 heterocycles. The summed E-state index contributed by atoms with van der Waals surface area (Å²) in [5.74, 6) is 0.935. The number of anilines is 1. The van der Waals surface area contributed by atoms with Gasteiger partial charge in [-0.05, 0) is 38.5 Å². The minimum atomic E-state index is 0.553. The van der Waals surface area contributed by atoms with Gasteiger partial charge < -0.3 is 20.4 Å². The minimum Gasteiger partial charge on any atom is -0.356 e. The zero-order valence-electron chi connectivity index (χ0n) is 15.9. The number of likely N-dealkylation sites (tertiary alicyclic amines) is 1. The van der Waals surface area contributed by atoms with Crippen LogP contribution in [0.1, 0.15) is 44.2 Å². The first-order valence-corrected chi connectivity index (χ1v) is 11.1. The fourth-order valence-electron chi connectivity index (χ4n) is 4.01. The average molecular weight is 377 g/mol. The van der Waals surface area contributed by atoms with Crippen molar-refractivity contribution in [1.82, 2.24) is 20.5 Å². The zero-order chi connectivity index (χ0) is 17.8. The number of hydrogen-bond donors (Lipinski definition) is 2. The molecule has 1 saturated carbocycles. The van der Waals surface area contributed by atoms with Crippen LogP contribution < -0.4 is 15.5 Å². The molecule has 1 aliphatic carbocycles. The molecule has 26 heavy (non-hydrogen) atoms. The maximum absolute atomic E-state index is 4.80. The maximum Gasteiger partial charge on any atom is 0.191 e. The van der Waals surface area contributed by atoms with Crippen LogP contribution in [-0.2, 0) is 6.42 Å². The topological polar surface area (TPSA) is 55.8 Å². The van der Waals surface area contributed by atoms with Crippen molar-refractivity contribution in [1.29, 1.82) is 0 Å². The van der Waals surface area contributed by atoms with Gasteiger partial charge in [-0.25, -0.2) is 4.98 Å². The minimum absolute atomic E-state index is 0.553. The number of guanidine groups is 1. The lowest BCUT2D eigenvalue weighted by molar-refractivity contribution is 0.197. The van der Waals surface area contributed by atoms with Crippen LogP contribution in [0.5, 0.6) is 0 Å². The van der Waals surface area contributed by atoms with Gasteiger partial charge in [0.15, 0.2) is 11.1 Å². The molecule has 144 valence electrons. The van der Waals surface area contributed by atoms with Crippen LogP contribution in [0.3, 0.4) is 0 Å². The van der Waals surface area contributed by atoms with Crippen molar-refractivity contribution in [3.63, 3.8) is 0 Å². The van der Waals surface area contributed by atoms with Gasteiger partial charge in [0, 0.05) is 63.7 Å². The Morgan fingerprint density at radius 3 is 2.65 bits per heavy atom. The van der Waals surface area contributed by atoms with Crippen molar-refractivity contribution in [2.75, 3.05) is 44.7 Å². The molecule has 0 atom stereocenters. The second kappa shape index (κ2) is 8.57. The van der Waals surface area contributed by atoms with Crippen molar-refractivity contribution in [2.24, 2.45) is 4.99 Å². The molecule has 0 bridgehead atoms. The number of rotatable bonds is 6. The standard InChI is InChI=1S/C19H32N6S/c1-20-18(22-15-7-12-24(13-8-15)17-4-5-17)21-9-6-16-14-26-19(23-16)25-10-2-3-11-25/h14-15,17H,2-13H2,1H3,(H2,20,21,22). The lowest BCUT2D eigenvalue weighted by atomic mass is 10.1. The lowest BCUT2D eigenvalue weighted by Gasteiger charge is -2.33. The highest BCUT2D eigenvalue weighted by Crippen LogP contribution is 2.29. The van der Waals surface area contributed by atoms with E-state index in [4.69, 9.17) is 4.98 Å². The second-order valence-electron chi connectivity index (χ2n) is 7.75. The molecule has 4 rings (SSSR count). The first-order chi connectivity index (χ1) is 12.8. The molecule has 0 unspecified atom stereocenters. The van der Waals surface area contributed by atoms with Crippen LogP contribution in [-0.4, -0.2) is 67.7 Å². The van der Waals surface area contributed by atoms with E-state index in [1.54, 1.807) is 11.3 Å². The van der Waals surface area contributed by atoms with E-state index in [9.17, 15) is 0 Å². The first kappa shape index (κ1) is 18.0. The number of hydrogen-bond acceptors (Lipinski definition) is 5. The van der Waals surface area contributed by atoms with E-state index >= 15 is 0 Å². The number of thiazole rings is 1. The summed E-state index contributed by atoms with van der Waals surface area (Å²) in [4.78, 5) is 14.3. The fourth-order valence-corrected chi connectivity index (χ4v) is 4.92. The lowest BCUT2D eigenvalue weighted by Crippen LogP contribution is -2.49. The molecule has 3 fully saturated rings. The second-order valence-corrected chi connectivity index (χ2v) is 8.59. The van der Waals surface area contributed by atoms with E-state index in [0.29, 0.717) is 6.04 Å². The van der Waals surface area contributed by atoms with Crippen molar-refractivity contribution in [3.8, 4) is 0 Å². The number of piperidine rings is 1. The third-order valence-corrected chi connectivity index (χ3v) is 6.70. The van der Waals surface area contributed by atoms with Gasteiger partial charge in [0.05, 0.1) is 5.69 Å². The molecule has 0 amide bonds. The molecule has 0 spiro atoms. The van der Waals surface area contributed by atoms with Crippen molar-refractivity contribution in [2.45, 2.75) is 57.0 Å². The molecule has 7 heteroatoms. The molecule has 2 aliphatic heterocycles. The number of aromatic nitrogens is 1. The van der Waals surface area contributed by atoms with Gasteiger partial charge in [-0.15, -0.1) is 11.3 Å². The molecule has 2 N–H and O–H groups in total. The molecular weight excluding hydrogens is 344 g/mol. The van der Waals surface area contributed by atoms with E-state index in [1.807, 2.05) is 7.05 Å². The molecule has 6 nitrogen and oxygen atoms in total. The largest absolute Gasteiger partial charge is 0.356 e. The molecule has 0 radical (unpaired) electrons. The van der Waals surface area contributed by atoms with Crippen LogP contribution in [0.25, 0.3) is 0 Å². The molecule has 0 aromatic carbocycles. The van der Waals surface area contributed by atoms with Crippen LogP contribution >= 0.6 is 11.3 Å². The van der Waals surface area contributed by atoms with E-state index in [1.165, 1.54) is 75.5 Å². The molecular formula is C19H32N6S. The van der Waals surface area contributed by atoms with Crippen LogP contribution in [0.15, 0.2) is 10.4 Å². The van der Waals surface area contributed by atoms with Gasteiger partial charge in [-0.1, -0.05) is 0 Å². The molecule has 1 aromatic heterocycles. The molecule has 1 aromatic rings. The van der Waals surface area contributed by atoms with Gasteiger partial charge in [0.2, 0.25) is 0 Å².